The zero-order chi connectivity index (χ0) is 18.5. The van der Waals surface area contributed by atoms with Crippen molar-refractivity contribution in [1.29, 1.82) is 0 Å². The van der Waals surface area contributed by atoms with Gasteiger partial charge in [0.2, 0.25) is 0 Å². The van der Waals surface area contributed by atoms with Gasteiger partial charge in [-0.15, -0.1) is 0 Å². The third-order valence-electron chi connectivity index (χ3n) is 3.43. The van der Waals surface area contributed by atoms with Crippen LogP contribution in [0.4, 0.5) is 0 Å². The predicted octanol–water partition coefficient (Wildman–Crippen LogP) is 5.21. The summed E-state index contributed by atoms with van der Waals surface area (Å²) in [5.41, 5.74) is 2.44. The minimum Gasteiger partial charge on any atom is -0.300 e. The molecule has 0 N–H and O–H groups in total. The summed E-state index contributed by atoms with van der Waals surface area (Å²) in [4.78, 5) is 11.8. The number of hydrogen-bond donors (Lipinski definition) is 0. The standard InChI is InChI=1S/C11H14O.C8H10OS.C2H6/c1-9(10(2)12)8-11-6-4-3-5-7-11;1-7-3-5-8(6-4-7)10(2)9;1-2/h3-7,9H,8H2,1-2H3;3-6H,1-2H3;1-2H3. The molecule has 0 aliphatic heterocycles. The molecule has 0 amide bonds. The average molecular weight is 347 g/mol. The quantitative estimate of drug-likeness (QED) is 0.761. The Balaban J connectivity index is 0.000000405. The van der Waals surface area contributed by atoms with Crippen LogP contribution in [0.15, 0.2) is 59.5 Å². The number of ketones is 1. The van der Waals surface area contributed by atoms with Crippen molar-refractivity contribution in [2.75, 3.05) is 6.26 Å². The predicted molar refractivity (Wildman–Crippen MR) is 105 cm³/mol. The molecular weight excluding hydrogens is 316 g/mol. The molecule has 2 rings (SSSR count). The highest BCUT2D eigenvalue weighted by Crippen LogP contribution is 2.08. The minimum atomic E-state index is -0.837. The largest absolute Gasteiger partial charge is 0.300 e. The summed E-state index contributed by atoms with van der Waals surface area (Å²) >= 11 is 0. The first-order valence-corrected chi connectivity index (χ1v) is 9.90. The molecule has 0 aliphatic rings. The second-order valence-electron chi connectivity index (χ2n) is 5.47. The van der Waals surface area contributed by atoms with Crippen LogP contribution in [0.1, 0.15) is 38.8 Å². The van der Waals surface area contributed by atoms with E-state index in [0.29, 0.717) is 0 Å². The molecular formula is C21H30O2S. The van der Waals surface area contributed by atoms with Crippen LogP contribution >= 0.6 is 0 Å². The maximum Gasteiger partial charge on any atom is 0.132 e. The molecule has 0 fully saturated rings. The van der Waals surface area contributed by atoms with Gasteiger partial charge in [-0.1, -0.05) is 68.8 Å². The first-order valence-electron chi connectivity index (χ1n) is 8.34. The third-order valence-corrected chi connectivity index (χ3v) is 4.37. The van der Waals surface area contributed by atoms with Gasteiger partial charge >= 0.3 is 0 Å². The molecule has 0 bridgehead atoms. The van der Waals surface area contributed by atoms with E-state index in [9.17, 15) is 9.00 Å². The van der Waals surface area contributed by atoms with E-state index < -0.39 is 10.8 Å². The van der Waals surface area contributed by atoms with Crippen molar-refractivity contribution < 1.29 is 9.00 Å². The van der Waals surface area contributed by atoms with Gasteiger partial charge in [0.25, 0.3) is 0 Å². The highest BCUT2D eigenvalue weighted by Gasteiger charge is 2.07. The van der Waals surface area contributed by atoms with Crippen molar-refractivity contribution in [3.8, 4) is 0 Å². The highest BCUT2D eigenvalue weighted by atomic mass is 32.2. The van der Waals surface area contributed by atoms with E-state index in [2.05, 4.69) is 12.1 Å². The van der Waals surface area contributed by atoms with Crippen molar-refractivity contribution in [2.24, 2.45) is 5.92 Å². The van der Waals surface area contributed by atoms with Crippen LogP contribution in [0, 0.1) is 12.8 Å². The van der Waals surface area contributed by atoms with Crippen molar-refractivity contribution in [1.82, 2.24) is 0 Å². The molecule has 0 heterocycles. The maximum atomic E-state index is 10.9. The zero-order valence-electron chi connectivity index (χ0n) is 15.7. The smallest absolute Gasteiger partial charge is 0.132 e. The topological polar surface area (TPSA) is 34.1 Å². The molecule has 2 atom stereocenters. The SMILES string of the molecule is CC.CC(=O)C(C)Cc1ccccc1.Cc1ccc(S(C)=O)cc1. The molecule has 2 aromatic carbocycles. The van der Waals surface area contributed by atoms with Crippen molar-refractivity contribution in [3.63, 3.8) is 0 Å². The number of benzene rings is 2. The van der Waals surface area contributed by atoms with Crippen LogP contribution < -0.4 is 0 Å². The van der Waals surface area contributed by atoms with Gasteiger partial charge in [0.1, 0.15) is 5.78 Å². The van der Waals surface area contributed by atoms with E-state index in [4.69, 9.17) is 0 Å². The summed E-state index contributed by atoms with van der Waals surface area (Å²) in [7, 11) is -0.837. The number of rotatable bonds is 4. The Morgan fingerprint density at radius 1 is 1.00 bits per heavy atom. The monoisotopic (exact) mass is 346 g/mol. The second kappa shape index (κ2) is 12.7. The number of Topliss-reactive ketones (excluding diaryl/α,β-unsaturated/α-hetero) is 1. The number of aryl methyl sites for hydroxylation is 1. The maximum absolute atomic E-state index is 10.9. The molecule has 0 aromatic heterocycles. The minimum absolute atomic E-state index is 0.146. The van der Waals surface area contributed by atoms with Crippen LogP contribution in [0.3, 0.4) is 0 Å². The van der Waals surface area contributed by atoms with Crippen LogP contribution in [0.5, 0.6) is 0 Å². The summed E-state index contributed by atoms with van der Waals surface area (Å²) in [6, 6.07) is 17.8. The summed E-state index contributed by atoms with van der Waals surface area (Å²) in [6.45, 7) is 9.63. The summed E-state index contributed by atoms with van der Waals surface area (Å²) in [5, 5.41) is 0. The van der Waals surface area contributed by atoms with E-state index in [1.807, 2.05) is 70.2 Å². The van der Waals surface area contributed by atoms with Gasteiger partial charge in [0.05, 0.1) is 0 Å². The fourth-order valence-electron chi connectivity index (χ4n) is 1.84. The van der Waals surface area contributed by atoms with Gasteiger partial charge < -0.3 is 0 Å². The Kier molecular flexibility index (Phi) is 11.7. The average Bonchev–Trinajstić information content (AvgIpc) is 2.58. The van der Waals surface area contributed by atoms with Gasteiger partial charge in [-0.3, -0.25) is 9.00 Å². The fourth-order valence-corrected chi connectivity index (χ4v) is 2.36. The molecule has 24 heavy (non-hydrogen) atoms. The Labute approximate surface area is 149 Å². The zero-order valence-corrected chi connectivity index (χ0v) is 16.5. The number of carbonyl (C=O) groups excluding carboxylic acids is 1. The van der Waals surface area contributed by atoms with Crippen LogP contribution in [0.2, 0.25) is 0 Å². The van der Waals surface area contributed by atoms with Crippen molar-refractivity contribution in [2.45, 2.75) is 45.9 Å². The first-order chi connectivity index (χ1) is 11.4. The molecule has 0 saturated heterocycles. The summed E-state index contributed by atoms with van der Waals surface area (Å²) in [5.74, 6) is 0.409. The molecule has 0 aliphatic carbocycles. The number of carbonyl (C=O) groups is 1. The van der Waals surface area contributed by atoms with Crippen molar-refractivity contribution >= 4 is 16.6 Å². The molecule has 2 unspecified atom stereocenters. The van der Waals surface area contributed by atoms with Gasteiger partial charge in [-0.2, -0.15) is 0 Å². The first kappa shape index (κ1) is 22.3. The fraction of sp³-hybridized carbons (Fsp3) is 0.381. The van der Waals surface area contributed by atoms with Gasteiger partial charge in [-0.05, 0) is 38.0 Å². The van der Waals surface area contributed by atoms with E-state index in [1.54, 1.807) is 13.2 Å². The normalized spacial score (nSPS) is 11.9. The van der Waals surface area contributed by atoms with Crippen molar-refractivity contribution in [3.05, 3.63) is 65.7 Å². The lowest BCUT2D eigenvalue weighted by Gasteiger charge is -2.06. The Bertz CT molecular complexity index is 603. The van der Waals surface area contributed by atoms with Crippen LogP contribution in [-0.2, 0) is 22.0 Å². The lowest BCUT2D eigenvalue weighted by atomic mass is 9.98. The Morgan fingerprint density at radius 2 is 1.50 bits per heavy atom. The molecule has 2 nitrogen and oxygen atoms in total. The number of hydrogen-bond acceptors (Lipinski definition) is 2. The Morgan fingerprint density at radius 3 is 1.92 bits per heavy atom. The van der Waals surface area contributed by atoms with Gasteiger partial charge in [0.15, 0.2) is 0 Å². The highest BCUT2D eigenvalue weighted by molar-refractivity contribution is 7.84. The molecule has 2 aromatic rings. The molecule has 132 valence electrons. The summed E-state index contributed by atoms with van der Waals surface area (Å²) in [6.07, 6.45) is 2.54. The van der Waals surface area contributed by atoms with Gasteiger partial charge in [-0.25, -0.2) is 0 Å². The molecule has 0 radical (unpaired) electrons. The lowest BCUT2D eigenvalue weighted by molar-refractivity contribution is -0.120. The van der Waals surface area contributed by atoms with E-state index in [1.165, 1.54) is 11.1 Å². The summed E-state index contributed by atoms with van der Waals surface area (Å²) < 4.78 is 10.9. The Hall–Kier alpha value is -1.74. The van der Waals surface area contributed by atoms with Gasteiger partial charge in [0, 0.05) is 27.9 Å². The van der Waals surface area contributed by atoms with Crippen LogP contribution in [-0.4, -0.2) is 16.2 Å². The lowest BCUT2D eigenvalue weighted by Crippen LogP contribution is -2.09. The van der Waals surface area contributed by atoms with E-state index in [0.717, 1.165) is 11.3 Å². The second-order valence-corrected chi connectivity index (χ2v) is 6.85. The van der Waals surface area contributed by atoms with E-state index in [-0.39, 0.29) is 11.7 Å². The van der Waals surface area contributed by atoms with E-state index >= 15 is 0 Å². The molecule has 0 spiro atoms. The molecule has 0 saturated carbocycles. The third kappa shape index (κ3) is 9.41. The van der Waals surface area contributed by atoms with Crippen LogP contribution in [0.25, 0.3) is 0 Å². The molecule has 3 heteroatoms.